The van der Waals surface area contributed by atoms with Crippen LogP contribution in [0.15, 0.2) is 30.5 Å². The van der Waals surface area contributed by atoms with Gasteiger partial charge in [-0.05, 0) is 44.0 Å². The zero-order valence-electron chi connectivity index (χ0n) is 11.5. The van der Waals surface area contributed by atoms with E-state index in [9.17, 15) is 0 Å². The summed E-state index contributed by atoms with van der Waals surface area (Å²) >= 11 is 0. The highest BCUT2D eigenvalue weighted by Crippen LogP contribution is 2.32. The highest BCUT2D eigenvalue weighted by molar-refractivity contribution is 5.97. The molecule has 4 nitrogen and oxygen atoms in total. The van der Waals surface area contributed by atoms with E-state index in [4.69, 9.17) is 5.73 Å². The lowest BCUT2D eigenvalue weighted by Gasteiger charge is -2.45. The molecule has 1 atom stereocenters. The number of aromatic nitrogens is 1. The molecule has 4 heterocycles. The van der Waals surface area contributed by atoms with Crippen LogP contribution in [0.25, 0.3) is 10.9 Å². The Bertz CT molecular complexity index is 631. The molecule has 0 spiro atoms. The Kier molecular flexibility index (Phi) is 2.77. The van der Waals surface area contributed by atoms with Crippen molar-refractivity contribution in [3.63, 3.8) is 0 Å². The molecule has 2 bridgehead atoms. The first-order valence-electron chi connectivity index (χ1n) is 7.43. The number of pyridine rings is 1. The smallest absolute Gasteiger partial charge is 0.0951 e. The highest BCUT2D eigenvalue weighted by atomic mass is 15.2. The van der Waals surface area contributed by atoms with Crippen LogP contribution in [0.3, 0.4) is 0 Å². The lowest BCUT2D eigenvalue weighted by molar-refractivity contribution is 0.0976. The minimum absolute atomic E-state index is 0.560. The lowest BCUT2D eigenvalue weighted by Crippen LogP contribution is -2.53. The Morgan fingerprint density at radius 1 is 1.20 bits per heavy atom. The Morgan fingerprint density at radius 3 is 2.80 bits per heavy atom. The monoisotopic (exact) mass is 268 g/mol. The first kappa shape index (κ1) is 12.0. The molecule has 0 amide bonds. The molecule has 0 saturated carbocycles. The Hall–Kier alpha value is -1.81. The van der Waals surface area contributed by atoms with Crippen molar-refractivity contribution in [2.45, 2.75) is 18.9 Å². The number of anilines is 2. The maximum atomic E-state index is 6.02. The molecule has 5 rings (SSSR count). The number of piperidine rings is 3. The normalized spacial score (nSPS) is 28.7. The molecule has 1 unspecified atom stereocenters. The van der Waals surface area contributed by atoms with E-state index in [2.05, 4.69) is 27.3 Å². The van der Waals surface area contributed by atoms with Crippen LogP contribution in [0.1, 0.15) is 12.8 Å². The van der Waals surface area contributed by atoms with Crippen molar-refractivity contribution >= 4 is 22.3 Å². The second-order valence-electron chi connectivity index (χ2n) is 5.99. The number of nitrogen functional groups attached to an aromatic ring is 1. The molecule has 1 aromatic carbocycles. The van der Waals surface area contributed by atoms with Gasteiger partial charge >= 0.3 is 0 Å². The molecule has 2 aromatic rings. The van der Waals surface area contributed by atoms with Crippen molar-refractivity contribution < 1.29 is 0 Å². The Labute approximate surface area is 119 Å². The van der Waals surface area contributed by atoms with Crippen LogP contribution in [0, 0.1) is 5.92 Å². The van der Waals surface area contributed by atoms with Crippen LogP contribution in [0.5, 0.6) is 0 Å². The average molecular weight is 268 g/mol. The molecule has 4 heteroatoms. The van der Waals surface area contributed by atoms with E-state index in [1.807, 2.05) is 18.3 Å². The van der Waals surface area contributed by atoms with Crippen LogP contribution >= 0.6 is 0 Å². The minimum atomic E-state index is 0.560. The number of nitrogens with two attached hydrogens (primary N) is 1. The van der Waals surface area contributed by atoms with Gasteiger partial charge in [-0.3, -0.25) is 4.98 Å². The number of benzene rings is 1. The molecule has 0 radical (unpaired) electrons. The van der Waals surface area contributed by atoms with Gasteiger partial charge in [0.15, 0.2) is 0 Å². The molecule has 0 aliphatic carbocycles. The van der Waals surface area contributed by atoms with Gasteiger partial charge in [0.25, 0.3) is 0 Å². The lowest BCUT2D eigenvalue weighted by atomic mass is 9.84. The Morgan fingerprint density at radius 2 is 2.05 bits per heavy atom. The van der Waals surface area contributed by atoms with Crippen LogP contribution in [-0.4, -0.2) is 35.6 Å². The van der Waals surface area contributed by atoms with Gasteiger partial charge in [-0.2, -0.15) is 0 Å². The molecule has 104 valence electrons. The third-order valence-corrected chi connectivity index (χ3v) is 4.80. The maximum absolute atomic E-state index is 6.02. The van der Waals surface area contributed by atoms with Gasteiger partial charge in [0, 0.05) is 29.9 Å². The fraction of sp³-hybridized carbons (Fsp3) is 0.438. The summed E-state index contributed by atoms with van der Waals surface area (Å²) in [6, 6.07) is 8.64. The fourth-order valence-electron chi connectivity index (χ4n) is 3.65. The van der Waals surface area contributed by atoms with Gasteiger partial charge in [0.1, 0.15) is 0 Å². The van der Waals surface area contributed by atoms with Gasteiger partial charge in [0.05, 0.1) is 11.2 Å². The second kappa shape index (κ2) is 4.63. The molecule has 20 heavy (non-hydrogen) atoms. The third kappa shape index (κ3) is 1.91. The zero-order valence-corrected chi connectivity index (χ0v) is 11.5. The summed E-state index contributed by atoms with van der Waals surface area (Å²) in [6.45, 7) is 3.70. The minimum Gasteiger partial charge on any atom is -0.397 e. The number of para-hydroxylation sites is 1. The highest BCUT2D eigenvalue weighted by Gasteiger charge is 2.34. The second-order valence-corrected chi connectivity index (χ2v) is 5.99. The van der Waals surface area contributed by atoms with Gasteiger partial charge in [-0.1, -0.05) is 12.1 Å². The largest absolute Gasteiger partial charge is 0.397 e. The average Bonchev–Trinajstić information content (AvgIpc) is 2.50. The van der Waals surface area contributed by atoms with Gasteiger partial charge in [-0.15, -0.1) is 0 Å². The molecule has 3 aliphatic rings. The number of hydrogen-bond acceptors (Lipinski definition) is 4. The van der Waals surface area contributed by atoms with Crippen molar-refractivity contribution in [1.82, 2.24) is 9.88 Å². The molecular weight excluding hydrogens is 248 g/mol. The number of rotatable bonds is 2. The van der Waals surface area contributed by atoms with E-state index in [0.717, 1.165) is 29.1 Å². The summed E-state index contributed by atoms with van der Waals surface area (Å²) in [4.78, 5) is 6.97. The van der Waals surface area contributed by atoms with Crippen LogP contribution in [0.4, 0.5) is 11.4 Å². The number of nitrogens with one attached hydrogen (secondary N) is 1. The molecule has 1 aromatic heterocycles. The van der Waals surface area contributed by atoms with Crippen LogP contribution in [-0.2, 0) is 0 Å². The number of nitrogens with zero attached hydrogens (tertiary/aromatic N) is 2. The van der Waals surface area contributed by atoms with Crippen molar-refractivity contribution in [3.8, 4) is 0 Å². The summed E-state index contributed by atoms with van der Waals surface area (Å²) < 4.78 is 0. The molecular formula is C16H20N4. The number of fused-ring (bicyclic) bond motifs is 4. The summed E-state index contributed by atoms with van der Waals surface area (Å²) in [5.41, 5.74) is 8.84. The van der Waals surface area contributed by atoms with Gasteiger partial charge < -0.3 is 16.0 Å². The standard InChI is InChI=1S/C16H20N4/c17-13-3-1-2-12-14(4-7-18-16(12)13)19-15-10-20-8-5-11(15)6-9-20/h1-4,7,11,15H,5-6,8-10,17H2,(H,18,19). The quantitative estimate of drug-likeness (QED) is 0.821. The first-order chi connectivity index (χ1) is 9.81. The van der Waals surface area contributed by atoms with Crippen molar-refractivity contribution in [2.24, 2.45) is 5.92 Å². The van der Waals surface area contributed by atoms with E-state index in [1.165, 1.54) is 31.6 Å². The van der Waals surface area contributed by atoms with E-state index < -0.39 is 0 Å². The predicted molar refractivity (Wildman–Crippen MR) is 82.7 cm³/mol. The van der Waals surface area contributed by atoms with E-state index in [0.29, 0.717) is 6.04 Å². The molecule has 3 saturated heterocycles. The van der Waals surface area contributed by atoms with Crippen molar-refractivity contribution in [3.05, 3.63) is 30.5 Å². The van der Waals surface area contributed by atoms with E-state index in [1.54, 1.807) is 0 Å². The summed E-state index contributed by atoms with van der Waals surface area (Å²) in [5, 5.41) is 4.87. The topological polar surface area (TPSA) is 54.2 Å². The fourth-order valence-corrected chi connectivity index (χ4v) is 3.65. The van der Waals surface area contributed by atoms with Crippen molar-refractivity contribution in [1.29, 1.82) is 0 Å². The zero-order chi connectivity index (χ0) is 13.5. The maximum Gasteiger partial charge on any atom is 0.0951 e. The summed E-state index contributed by atoms with van der Waals surface area (Å²) in [6.07, 6.45) is 4.49. The van der Waals surface area contributed by atoms with Crippen LogP contribution < -0.4 is 11.1 Å². The Balaban J connectivity index is 1.67. The van der Waals surface area contributed by atoms with E-state index in [-0.39, 0.29) is 0 Å². The predicted octanol–water partition coefficient (Wildman–Crippen LogP) is 2.32. The SMILES string of the molecule is Nc1cccc2c(NC3CN4CCC3CC4)ccnc12. The summed E-state index contributed by atoms with van der Waals surface area (Å²) in [5.74, 6) is 0.810. The van der Waals surface area contributed by atoms with E-state index >= 15 is 0 Å². The molecule has 3 aliphatic heterocycles. The van der Waals surface area contributed by atoms with Gasteiger partial charge in [-0.25, -0.2) is 0 Å². The van der Waals surface area contributed by atoms with Gasteiger partial charge in [0.2, 0.25) is 0 Å². The molecule has 3 N–H and O–H groups in total. The summed E-state index contributed by atoms with van der Waals surface area (Å²) in [7, 11) is 0. The third-order valence-electron chi connectivity index (χ3n) is 4.80. The molecule has 3 fully saturated rings. The van der Waals surface area contributed by atoms with Crippen LogP contribution in [0.2, 0.25) is 0 Å². The number of hydrogen-bond donors (Lipinski definition) is 2. The first-order valence-corrected chi connectivity index (χ1v) is 7.43. The van der Waals surface area contributed by atoms with Crippen molar-refractivity contribution in [2.75, 3.05) is 30.7 Å².